The molecule has 2 heterocycles. The Morgan fingerprint density at radius 2 is 2.05 bits per heavy atom. The van der Waals surface area contributed by atoms with Crippen molar-refractivity contribution in [1.82, 2.24) is 14.8 Å². The van der Waals surface area contributed by atoms with E-state index in [9.17, 15) is 4.79 Å². The van der Waals surface area contributed by atoms with Crippen LogP contribution in [0.1, 0.15) is 37.0 Å². The summed E-state index contributed by atoms with van der Waals surface area (Å²) < 4.78 is 0.772. The highest BCUT2D eigenvalue weighted by atomic mass is 79.9. The molecule has 0 N–H and O–H groups in total. The van der Waals surface area contributed by atoms with Crippen molar-refractivity contribution < 1.29 is 4.79 Å². The Hall–Kier alpha value is -0.650. The summed E-state index contributed by atoms with van der Waals surface area (Å²) in [6.45, 7) is 8.07. The van der Waals surface area contributed by atoms with E-state index in [1.807, 2.05) is 4.90 Å². The summed E-state index contributed by atoms with van der Waals surface area (Å²) in [5.74, 6) is -0.0215. The number of hydrogen-bond donors (Lipinski definition) is 0. The molecule has 1 aromatic rings. The van der Waals surface area contributed by atoms with E-state index in [1.165, 1.54) is 0 Å². The Morgan fingerprint density at radius 3 is 2.62 bits per heavy atom. The van der Waals surface area contributed by atoms with Crippen LogP contribution < -0.4 is 0 Å². The average molecular weight is 375 g/mol. The molecule has 2 rings (SSSR count). The van der Waals surface area contributed by atoms with Crippen LogP contribution in [0.2, 0.25) is 5.15 Å². The monoisotopic (exact) mass is 373 g/mol. The van der Waals surface area contributed by atoms with Gasteiger partial charge in [-0.2, -0.15) is 0 Å². The average Bonchev–Trinajstić information content (AvgIpc) is 2.51. The zero-order chi connectivity index (χ0) is 15.4. The molecule has 21 heavy (non-hydrogen) atoms. The minimum Gasteiger partial charge on any atom is -0.338 e. The highest BCUT2D eigenvalue weighted by Crippen LogP contribution is 2.23. The van der Waals surface area contributed by atoms with Crippen molar-refractivity contribution in [2.45, 2.75) is 32.7 Å². The van der Waals surface area contributed by atoms with Crippen molar-refractivity contribution in [3.8, 4) is 0 Å². The second kappa shape index (κ2) is 7.56. The van der Waals surface area contributed by atoms with Crippen LogP contribution in [0.5, 0.6) is 0 Å². The van der Waals surface area contributed by atoms with Gasteiger partial charge in [0.2, 0.25) is 0 Å². The van der Waals surface area contributed by atoms with E-state index >= 15 is 0 Å². The Bertz CT molecular complexity index is 500. The van der Waals surface area contributed by atoms with Gasteiger partial charge in [-0.15, -0.1) is 0 Å². The molecule has 0 bridgehead atoms. The number of carbonyl (C=O) groups is 1. The van der Waals surface area contributed by atoms with Crippen molar-refractivity contribution in [2.24, 2.45) is 0 Å². The van der Waals surface area contributed by atoms with Gasteiger partial charge in [-0.05, 0) is 47.9 Å². The first-order valence-corrected chi connectivity index (χ1v) is 8.58. The van der Waals surface area contributed by atoms with Crippen LogP contribution in [0, 0.1) is 0 Å². The zero-order valence-electron chi connectivity index (χ0n) is 12.5. The van der Waals surface area contributed by atoms with Crippen LogP contribution in [0.3, 0.4) is 0 Å². The van der Waals surface area contributed by atoms with E-state index in [1.54, 1.807) is 12.3 Å². The lowest BCUT2D eigenvalue weighted by Gasteiger charge is -2.37. The molecule has 116 valence electrons. The molecule has 1 saturated heterocycles. The summed E-state index contributed by atoms with van der Waals surface area (Å²) >= 11 is 9.38. The van der Waals surface area contributed by atoms with Gasteiger partial charge in [0, 0.05) is 29.8 Å². The van der Waals surface area contributed by atoms with Gasteiger partial charge in [-0.1, -0.05) is 25.4 Å². The molecule has 1 amide bonds. The first-order valence-electron chi connectivity index (χ1n) is 7.41. The fourth-order valence-electron chi connectivity index (χ4n) is 2.92. The maximum absolute atomic E-state index is 12.6. The summed E-state index contributed by atoms with van der Waals surface area (Å²) in [6.07, 6.45) is 3.64. The lowest BCUT2D eigenvalue weighted by atomic mass is 10.0. The third-order valence-corrected chi connectivity index (χ3v) is 4.85. The SMILES string of the molecule is CCN(CC)C1CCN(C(=O)c2cc(Br)cnc2Cl)CC1. The lowest BCUT2D eigenvalue weighted by molar-refractivity contribution is 0.0631. The lowest BCUT2D eigenvalue weighted by Crippen LogP contribution is -2.46. The number of amides is 1. The second-order valence-corrected chi connectivity index (χ2v) is 6.51. The van der Waals surface area contributed by atoms with E-state index in [2.05, 4.69) is 39.7 Å². The Morgan fingerprint density at radius 1 is 1.43 bits per heavy atom. The Labute approximate surface area is 139 Å². The summed E-state index contributed by atoms with van der Waals surface area (Å²) in [7, 11) is 0. The maximum atomic E-state index is 12.6. The molecule has 0 radical (unpaired) electrons. The maximum Gasteiger partial charge on any atom is 0.257 e. The van der Waals surface area contributed by atoms with Gasteiger partial charge in [0.1, 0.15) is 5.15 Å². The molecule has 1 aliphatic heterocycles. The minimum absolute atomic E-state index is 0.0215. The van der Waals surface area contributed by atoms with Crippen molar-refractivity contribution >= 4 is 33.4 Å². The molecular formula is C15H21BrClN3O. The first-order chi connectivity index (χ1) is 10.1. The Balaban J connectivity index is 2.02. The number of rotatable bonds is 4. The summed E-state index contributed by atoms with van der Waals surface area (Å²) in [6, 6.07) is 2.33. The predicted molar refractivity (Wildman–Crippen MR) is 88.8 cm³/mol. The molecule has 0 unspecified atom stereocenters. The molecule has 6 heteroatoms. The number of aromatic nitrogens is 1. The molecule has 1 aromatic heterocycles. The largest absolute Gasteiger partial charge is 0.338 e. The number of nitrogens with zero attached hydrogens (tertiary/aromatic N) is 3. The second-order valence-electron chi connectivity index (χ2n) is 5.24. The van der Waals surface area contributed by atoms with Crippen LogP contribution in [0.25, 0.3) is 0 Å². The van der Waals surface area contributed by atoms with Gasteiger partial charge in [0.25, 0.3) is 5.91 Å². The van der Waals surface area contributed by atoms with E-state index < -0.39 is 0 Å². The fourth-order valence-corrected chi connectivity index (χ4v) is 3.43. The van der Waals surface area contributed by atoms with Crippen LogP contribution in [-0.2, 0) is 0 Å². The van der Waals surface area contributed by atoms with Crippen molar-refractivity contribution in [2.75, 3.05) is 26.2 Å². The number of piperidine rings is 1. The van der Waals surface area contributed by atoms with Crippen molar-refractivity contribution in [3.63, 3.8) is 0 Å². The highest BCUT2D eigenvalue weighted by Gasteiger charge is 2.27. The zero-order valence-corrected chi connectivity index (χ0v) is 14.8. The van der Waals surface area contributed by atoms with Gasteiger partial charge in [-0.25, -0.2) is 4.98 Å². The molecule has 0 aromatic carbocycles. The number of hydrogen-bond acceptors (Lipinski definition) is 3. The van der Waals surface area contributed by atoms with E-state index in [0.29, 0.717) is 11.6 Å². The summed E-state index contributed by atoms with van der Waals surface area (Å²) in [5.41, 5.74) is 0.479. The highest BCUT2D eigenvalue weighted by molar-refractivity contribution is 9.10. The fraction of sp³-hybridized carbons (Fsp3) is 0.600. The third kappa shape index (κ3) is 3.96. The van der Waals surface area contributed by atoms with Gasteiger partial charge < -0.3 is 9.80 Å². The molecule has 1 aliphatic rings. The standard InChI is InChI=1S/C15H21BrClN3O/c1-3-19(4-2)12-5-7-20(8-6-12)15(21)13-9-11(16)10-18-14(13)17/h9-10,12H,3-8H2,1-2H3. The first kappa shape index (κ1) is 16.7. The van der Waals surface area contributed by atoms with Gasteiger partial charge in [0.05, 0.1) is 5.56 Å². The topological polar surface area (TPSA) is 36.4 Å². The molecule has 0 spiro atoms. The van der Waals surface area contributed by atoms with Gasteiger partial charge >= 0.3 is 0 Å². The number of halogens is 2. The molecular weight excluding hydrogens is 354 g/mol. The number of carbonyl (C=O) groups excluding carboxylic acids is 1. The molecule has 0 saturated carbocycles. The van der Waals surface area contributed by atoms with Crippen molar-refractivity contribution in [3.05, 3.63) is 27.5 Å². The van der Waals surface area contributed by atoms with E-state index in [-0.39, 0.29) is 11.1 Å². The number of likely N-dealkylation sites (tertiary alicyclic amines) is 1. The van der Waals surface area contributed by atoms with Crippen LogP contribution in [0.15, 0.2) is 16.7 Å². The van der Waals surface area contributed by atoms with Crippen LogP contribution in [-0.4, -0.2) is 52.9 Å². The third-order valence-electron chi connectivity index (χ3n) is 4.12. The van der Waals surface area contributed by atoms with Crippen LogP contribution >= 0.6 is 27.5 Å². The Kier molecular flexibility index (Phi) is 6.02. The van der Waals surface area contributed by atoms with E-state index in [4.69, 9.17) is 11.6 Å². The smallest absolute Gasteiger partial charge is 0.257 e. The predicted octanol–water partition coefficient (Wildman–Crippen LogP) is 3.44. The number of pyridine rings is 1. The summed E-state index contributed by atoms with van der Waals surface area (Å²) in [5, 5.41) is 0.272. The quantitative estimate of drug-likeness (QED) is 0.757. The van der Waals surface area contributed by atoms with Gasteiger partial charge in [0.15, 0.2) is 0 Å². The molecule has 4 nitrogen and oxygen atoms in total. The van der Waals surface area contributed by atoms with Crippen molar-refractivity contribution in [1.29, 1.82) is 0 Å². The normalized spacial score (nSPS) is 16.5. The molecule has 1 fully saturated rings. The minimum atomic E-state index is -0.0215. The van der Waals surface area contributed by atoms with Crippen LogP contribution in [0.4, 0.5) is 0 Å². The summed E-state index contributed by atoms with van der Waals surface area (Å²) in [4.78, 5) is 20.9. The van der Waals surface area contributed by atoms with E-state index in [0.717, 1.165) is 43.5 Å². The molecule has 0 aliphatic carbocycles. The molecule has 0 atom stereocenters. The van der Waals surface area contributed by atoms with Gasteiger partial charge in [-0.3, -0.25) is 4.79 Å².